The molecule has 15 nitrogen and oxygen atoms in total. The van der Waals surface area contributed by atoms with Crippen LogP contribution in [-0.4, -0.2) is 90.0 Å². The normalized spacial score (nSPS) is 27.9. The zero-order chi connectivity index (χ0) is 41.8. The topological polar surface area (TPSA) is 198 Å². The van der Waals surface area contributed by atoms with Gasteiger partial charge in [0.05, 0.1) is 31.5 Å². The number of nitrogens with zero attached hydrogens (tertiary/aromatic N) is 1. The number of methoxy groups -OCH3 is 1. The van der Waals surface area contributed by atoms with E-state index in [9.17, 15) is 38.4 Å². The Morgan fingerprint density at radius 1 is 0.948 bits per heavy atom. The number of rotatable bonds is 15. The first-order valence-electron chi connectivity index (χ1n) is 19.9. The van der Waals surface area contributed by atoms with Crippen molar-refractivity contribution in [3.63, 3.8) is 0 Å². The van der Waals surface area contributed by atoms with Gasteiger partial charge in [-0.1, -0.05) is 43.6 Å². The lowest BCUT2D eigenvalue weighted by Gasteiger charge is -2.54. The average Bonchev–Trinajstić information content (AvgIpc) is 3.52. The second kappa shape index (κ2) is 17.1. The van der Waals surface area contributed by atoms with E-state index in [4.69, 9.17) is 23.7 Å². The van der Waals surface area contributed by atoms with Crippen LogP contribution in [0.1, 0.15) is 119 Å². The summed E-state index contributed by atoms with van der Waals surface area (Å²) >= 11 is 0. The number of carbonyl (C=O) groups is 8. The van der Waals surface area contributed by atoms with Gasteiger partial charge < -0.3 is 23.7 Å². The van der Waals surface area contributed by atoms with Gasteiger partial charge >= 0.3 is 23.9 Å². The minimum absolute atomic E-state index is 0.0389. The Labute approximate surface area is 336 Å². The first-order chi connectivity index (χ1) is 27.7. The number of unbranched alkanes of at least 4 members (excludes halogenated alkanes) is 4. The summed E-state index contributed by atoms with van der Waals surface area (Å²) in [6.45, 7) is 5.26. The number of piperidine rings is 1. The molecule has 6 rings (SSSR count). The molecule has 3 heterocycles. The maximum absolute atomic E-state index is 13.8. The van der Waals surface area contributed by atoms with Crippen LogP contribution in [0, 0.1) is 11.3 Å². The van der Waals surface area contributed by atoms with Gasteiger partial charge in [0, 0.05) is 30.4 Å². The van der Waals surface area contributed by atoms with Crippen LogP contribution in [0.3, 0.4) is 0 Å². The lowest BCUT2D eigenvalue weighted by molar-refractivity contribution is -0.235. The summed E-state index contributed by atoms with van der Waals surface area (Å²) in [4.78, 5) is 103. The van der Waals surface area contributed by atoms with Crippen molar-refractivity contribution < 1.29 is 62.0 Å². The summed E-state index contributed by atoms with van der Waals surface area (Å²) in [7, 11) is 1.30. The number of benzene rings is 1. The van der Waals surface area contributed by atoms with Gasteiger partial charge in [0.15, 0.2) is 0 Å². The number of esters is 4. The molecule has 0 aromatic heterocycles. The van der Waals surface area contributed by atoms with Gasteiger partial charge in [-0.2, -0.15) is 0 Å². The van der Waals surface area contributed by atoms with E-state index in [0.29, 0.717) is 43.4 Å². The summed E-state index contributed by atoms with van der Waals surface area (Å²) in [6, 6.07) is 3.70. The molecule has 2 bridgehead atoms. The maximum atomic E-state index is 13.8. The molecule has 1 aromatic carbocycles. The van der Waals surface area contributed by atoms with Crippen LogP contribution in [-0.2, 0) is 47.7 Å². The standard InChI is InChI=1S/C43H50N2O13/c1-26(12-11-20-41(3)32-19-22-42(40(53)58-41)21-17-28(39(52)54-4)18-23-43(32,42)57-27(2)46)38(51)56-25-9-7-5-6-8-24-55-31-14-10-13-29-34(31)37(50)45(36(29)49)30-15-16-33(47)44-35(30)48/h10-14,17,20,30,32H,5-9,15-16,18-19,21-25H2,1-4H3,(H,44,47,48)/b20-11+,26-12+/t30?,32-,41-,42-,43+/m1/s1. The minimum atomic E-state index is -1.18. The second-order valence-corrected chi connectivity index (χ2v) is 15.7. The highest BCUT2D eigenvalue weighted by Gasteiger charge is 2.74. The number of amides is 4. The Morgan fingerprint density at radius 3 is 2.41 bits per heavy atom. The summed E-state index contributed by atoms with van der Waals surface area (Å²) in [5.74, 6) is -4.40. The van der Waals surface area contributed by atoms with Crippen LogP contribution in [0.2, 0.25) is 0 Å². The van der Waals surface area contributed by atoms with Crippen LogP contribution in [0.25, 0.3) is 0 Å². The number of hydrogen-bond donors (Lipinski definition) is 1. The van der Waals surface area contributed by atoms with E-state index in [1.807, 2.05) is 0 Å². The molecule has 2 aliphatic carbocycles. The third kappa shape index (κ3) is 7.82. The first kappa shape index (κ1) is 42.0. The molecular weight excluding hydrogens is 752 g/mol. The number of imide groups is 2. The first-order valence-corrected chi connectivity index (χ1v) is 19.9. The van der Waals surface area contributed by atoms with Crippen molar-refractivity contribution in [2.24, 2.45) is 11.3 Å². The van der Waals surface area contributed by atoms with Crippen LogP contribution < -0.4 is 10.1 Å². The highest BCUT2D eigenvalue weighted by atomic mass is 16.6. The molecule has 0 radical (unpaired) electrons. The summed E-state index contributed by atoms with van der Waals surface area (Å²) < 4.78 is 28.5. The minimum Gasteiger partial charge on any atom is -0.493 e. The zero-order valence-electron chi connectivity index (χ0n) is 33.4. The van der Waals surface area contributed by atoms with E-state index in [1.54, 1.807) is 50.3 Å². The Kier molecular flexibility index (Phi) is 12.4. The van der Waals surface area contributed by atoms with E-state index in [2.05, 4.69) is 5.32 Å². The molecule has 15 heteroatoms. The number of fused-ring (bicyclic) bond motifs is 1. The van der Waals surface area contributed by atoms with Gasteiger partial charge in [-0.25, -0.2) is 9.59 Å². The zero-order valence-corrected chi connectivity index (χ0v) is 33.4. The van der Waals surface area contributed by atoms with Crippen LogP contribution in [0.4, 0.5) is 0 Å². The van der Waals surface area contributed by atoms with Crippen molar-refractivity contribution >= 4 is 47.5 Å². The fourth-order valence-electron chi connectivity index (χ4n) is 9.25. The largest absolute Gasteiger partial charge is 0.493 e. The third-order valence-electron chi connectivity index (χ3n) is 12.2. The molecule has 3 aliphatic heterocycles. The predicted octanol–water partition coefficient (Wildman–Crippen LogP) is 4.76. The molecule has 1 unspecified atom stereocenters. The number of nitrogens with one attached hydrogen (secondary N) is 1. The van der Waals surface area contributed by atoms with Crippen molar-refractivity contribution in [1.82, 2.24) is 10.2 Å². The Morgan fingerprint density at radius 2 is 1.69 bits per heavy atom. The molecule has 3 fully saturated rings. The number of cyclic esters (lactones) is 1. The van der Waals surface area contributed by atoms with Crippen molar-refractivity contribution in [2.75, 3.05) is 20.3 Å². The van der Waals surface area contributed by atoms with E-state index in [-0.39, 0.29) is 61.5 Å². The summed E-state index contributed by atoms with van der Waals surface area (Å²) in [6.07, 6.45) is 12.3. The molecule has 1 N–H and O–H groups in total. The molecule has 4 amide bonds. The third-order valence-corrected chi connectivity index (χ3v) is 12.2. The highest BCUT2D eigenvalue weighted by Crippen LogP contribution is 2.65. The monoisotopic (exact) mass is 802 g/mol. The van der Waals surface area contributed by atoms with Crippen molar-refractivity contribution in [1.29, 1.82) is 0 Å². The average molecular weight is 803 g/mol. The Bertz CT molecular complexity index is 2000. The molecular formula is C43H50N2O13. The molecule has 58 heavy (non-hydrogen) atoms. The fraction of sp³-hybridized carbons (Fsp3) is 0.535. The molecule has 1 saturated carbocycles. The van der Waals surface area contributed by atoms with Crippen molar-refractivity contribution in [3.05, 3.63) is 64.8 Å². The van der Waals surface area contributed by atoms with E-state index in [0.717, 1.165) is 24.2 Å². The van der Waals surface area contributed by atoms with Gasteiger partial charge in [0.1, 0.15) is 28.4 Å². The quantitative estimate of drug-likeness (QED) is 0.0637. The lowest BCUT2D eigenvalue weighted by atomic mass is 9.62. The highest BCUT2D eigenvalue weighted by molar-refractivity contribution is 6.24. The molecule has 310 valence electrons. The van der Waals surface area contributed by atoms with Crippen LogP contribution in [0.5, 0.6) is 5.75 Å². The van der Waals surface area contributed by atoms with Crippen LogP contribution in [0.15, 0.2) is 53.6 Å². The molecule has 2 saturated heterocycles. The molecule has 5 aliphatic rings. The predicted molar refractivity (Wildman–Crippen MR) is 204 cm³/mol. The van der Waals surface area contributed by atoms with Gasteiger partial charge in [-0.15, -0.1) is 0 Å². The number of allylic oxidation sites excluding steroid dienone is 3. The Hall–Kier alpha value is -5.60. The lowest BCUT2D eigenvalue weighted by Crippen LogP contribution is -2.65. The smallest absolute Gasteiger partial charge is 0.333 e. The van der Waals surface area contributed by atoms with Gasteiger partial charge in [0.25, 0.3) is 11.8 Å². The number of carbonyl (C=O) groups excluding carboxylic acids is 8. The van der Waals surface area contributed by atoms with E-state index < -0.39 is 70.2 Å². The van der Waals surface area contributed by atoms with Gasteiger partial charge in [-0.05, 0) is 83.4 Å². The number of hydrogen-bond acceptors (Lipinski definition) is 13. The maximum Gasteiger partial charge on any atom is 0.333 e. The fourth-order valence-corrected chi connectivity index (χ4v) is 9.25. The SMILES string of the molecule is COC(=O)C1=CC[C@@]23CC[C@H]([C@@](C)(/C=C/C=C(\C)C(=O)OCCCCCCCOc4cccc5c4C(=O)N(C4CCC(=O)NC4=O)C5=O)OC2=O)[C@@]3(OC(C)=O)CC1. The molecule has 5 atom stereocenters. The van der Waals surface area contributed by atoms with Gasteiger partial charge in [-0.3, -0.25) is 39.0 Å². The summed E-state index contributed by atoms with van der Waals surface area (Å²) in [5, 5.41) is 2.19. The summed E-state index contributed by atoms with van der Waals surface area (Å²) in [5.41, 5.74) is -2.38. The number of ether oxygens (including phenoxy) is 5. The molecule has 1 aromatic rings. The van der Waals surface area contributed by atoms with E-state index >= 15 is 0 Å². The van der Waals surface area contributed by atoms with Crippen LogP contribution >= 0.6 is 0 Å². The van der Waals surface area contributed by atoms with E-state index in [1.165, 1.54) is 20.1 Å². The van der Waals surface area contributed by atoms with Crippen molar-refractivity contribution in [2.45, 2.75) is 115 Å². The van der Waals surface area contributed by atoms with Gasteiger partial charge in [0.2, 0.25) is 11.8 Å². The Balaban J connectivity index is 0.939. The molecule has 0 spiro atoms. The second-order valence-electron chi connectivity index (χ2n) is 15.7. The van der Waals surface area contributed by atoms with Crippen molar-refractivity contribution in [3.8, 4) is 5.75 Å².